The molecule has 25 heavy (non-hydrogen) atoms. The van der Waals surface area contributed by atoms with Crippen molar-refractivity contribution in [2.45, 2.75) is 6.42 Å². The van der Waals surface area contributed by atoms with Gasteiger partial charge in [0, 0.05) is 5.56 Å². The van der Waals surface area contributed by atoms with Gasteiger partial charge in [-0.25, -0.2) is 4.98 Å². The first-order valence-electron chi connectivity index (χ1n) is 7.99. The van der Waals surface area contributed by atoms with Crippen molar-refractivity contribution < 1.29 is 9.53 Å². The van der Waals surface area contributed by atoms with Gasteiger partial charge >= 0.3 is 0 Å². The zero-order valence-electron chi connectivity index (χ0n) is 13.4. The molecule has 0 radical (unpaired) electrons. The summed E-state index contributed by atoms with van der Waals surface area (Å²) in [5.74, 6) is 1.62. The third-order valence-electron chi connectivity index (χ3n) is 3.86. The van der Waals surface area contributed by atoms with Gasteiger partial charge in [-0.3, -0.25) is 0 Å². The Bertz CT molecular complexity index is 1020. The fourth-order valence-electron chi connectivity index (χ4n) is 2.71. The first kappa shape index (κ1) is 15.5. The Hall–Kier alpha value is -2.98. The number of aromatic nitrogens is 1. The lowest BCUT2D eigenvalue weighted by Gasteiger charge is -2.11. The van der Waals surface area contributed by atoms with E-state index in [4.69, 9.17) is 4.74 Å². The molecule has 3 nitrogen and oxygen atoms in total. The number of benzene rings is 3. The molecule has 1 heterocycles. The number of carbonyl (C=O) groups is 1. The van der Waals surface area contributed by atoms with Gasteiger partial charge in [-0.1, -0.05) is 42.5 Å². The molecular formula is C21H15NO2S. The molecule has 0 fully saturated rings. The number of hydrogen-bond acceptors (Lipinski definition) is 4. The third kappa shape index (κ3) is 3.30. The SMILES string of the molecule is O=CCc1nc2ccc(-c3ccccc3Oc3ccccc3)cc2s1. The standard InChI is InChI=1S/C21H15NO2S/c23-13-12-21-22-18-11-10-15(14-20(18)25-21)17-8-4-5-9-19(17)24-16-6-2-1-3-7-16/h1-11,13-14H,12H2. The van der Waals surface area contributed by atoms with Gasteiger partial charge in [0.25, 0.3) is 0 Å². The second-order valence-electron chi connectivity index (χ2n) is 5.57. The fourth-order valence-corrected chi connectivity index (χ4v) is 3.66. The summed E-state index contributed by atoms with van der Waals surface area (Å²) in [6.45, 7) is 0. The maximum absolute atomic E-state index is 10.7. The van der Waals surface area contributed by atoms with Crippen LogP contribution in [-0.2, 0) is 11.2 Å². The van der Waals surface area contributed by atoms with E-state index in [1.165, 1.54) is 0 Å². The first-order valence-corrected chi connectivity index (χ1v) is 8.80. The second-order valence-corrected chi connectivity index (χ2v) is 6.69. The van der Waals surface area contributed by atoms with Crippen molar-refractivity contribution >= 4 is 27.8 Å². The molecule has 0 aliphatic carbocycles. The molecule has 0 saturated carbocycles. The predicted molar refractivity (Wildman–Crippen MR) is 101 cm³/mol. The molecule has 0 bridgehead atoms. The maximum Gasteiger partial charge on any atom is 0.135 e. The average Bonchev–Trinajstić information content (AvgIpc) is 3.05. The lowest BCUT2D eigenvalue weighted by Crippen LogP contribution is -1.88. The molecule has 4 rings (SSSR count). The van der Waals surface area contributed by atoms with Crippen LogP contribution in [0, 0.1) is 0 Å². The summed E-state index contributed by atoms with van der Waals surface area (Å²) in [4.78, 5) is 15.2. The van der Waals surface area contributed by atoms with E-state index in [0.717, 1.165) is 44.1 Å². The Balaban J connectivity index is 1.74. The molecule has 0 amide bonds. The van der Waals surface area contributed by atoms with Crippen LogP contribution in [-0.4, -0.2) is 11.3 Å². The predicted octanol–water partition coefficient (Wildman–Crippen LogP) is 5.50. The zero-order chi connectivity index (χ0) is 17.1. The van der Waals surface area contributed by atoms with Gasteiger partial charge in [-0.05, 0) is 35.9 Å². The van der Waals surface area contributed by atoms with E-state index in [9.17, 15) is 4.79 Å². The van der Waals surface area contributed by atoms with Gasteiger partial charge in [0.05, 0.1) is 16.6 Å². The molecule has 3 aromatic carbocycles. The number of ether oxygens (including phenoxy) is 1. The van der Waals surface area contributed by atoms with Crippen LogP contribution in [0.3, 0.4) is 0 Å². The highest BCUT2D eigenvalue weighted by molar-refractivity contribution is 7.18. The van der Waals surface area contributed by atoms with E-state index in [1.807, 2.05) is 66.7 Å². The number of rotatable bonds is 5. The third-order valence-corrected chi connectivity index (χ3v) is 4.90. The molecule has 0 aliphatic heterocycles. The summed E-state index contributed by atoms with van der Waals surface area (Å²) in [5, 5.41) is 0.843. The van der Waals surface area contributed by atoms with Crippen molar-refractivity contribution in [3.8, 4) is 22.6 Å². The minimum absolute atomic E-state index is 0.363. The number of para-hydroxylation sites is 2. The summed E-state index contributed by atoms with van der Waals surface area (Å²) < 4.78 is 7.13. The van der Waals surface area contributed by atoms with Crippen LogP contribution in [0.1, 0.15) is 5.01 Å². The van der Waals surface area contributed by atoms with Crippen LogP contribution >= 0.6 is 11.3 Å². The molecule has 122 valence electrons. The molecular weight excluding hydrogens is 330 g/mol. The number of aldehydes is 1. The Morgan fingerprint density at radius 1 is 0.960 bits per heavy atom. The van der Waals surface area contributed by atoms with Gasteiger partial charge in [0.15, 0.2) is 0 Å². The van der Waals surface area contributed by atoms with Crippen molar-refractivity contribution in [3.05, 3.63) is 77.8 Å². The van der Waals surface area contributed by atoms with Crippen LogP contribution in [0.5, 0.6) is 11.5 Å². The number of nitrogens with zero attached hydrogens (tertiary/aromatic N) is 1. The lowest BCUT2D eigenvalue weighted by atomic mass is 10.0. The molecule has 4 heteroatoms. The van der Waals surface area contributed by atoms with Crippen molar-refractivity contribution in [1.29, 1.82) is 0 Å². The van der Waals surface area contributed by atoms with Gasteiger partial charge in [-0.15, -0.1) is 11.3 Å². The highest BCUT2D eigenvalue weighted by Gasteiger charge is 2.10. The largest absolute Gasteiger partial charge is 0.457 e. The van der Waals surface area contributed by atoms with Crippen molar-refractivity contribution in [3.63, 3.8) is 0 Å². The van der Waals surface area contributed by atoms with Crippen LogP contribution in [0.15, 0.2) is 72.8 Å². The monoisotopic (exact) mass is 345 g/mol. The molecule has 0 saturated heterocycles. The summed E-state index contributed by atoms with van der Waals surface area (Å²) in [6.07, 6.45) is 1.25. The van der Waals surface area contributed by atoms with Crippen LogP contribution in [0.4, 0.5) is 0 Å². The lowest BCUT2D eigenvalue weighted by molar-refractivity contribution is -0.107. The quantitative estimate of drug-likeness (QED) is 0.449. The van der Waals surface area contributed by atoms with Crippen molar-refractivity contribution in [1.82, 2.24) is 4.98 Å². The Kier molecular flexibility index (Phi) is 4.27. The van der Waals surface area contributed by atoms with Crippen LogP contribution < -0.4 is 4.74 Å². The first-order chi connectivity index (χ1) is 12.3. The van der Waals surface area contributed by atoms with Gasteiger partial charge in [0.2, 0.25) is 0 Å². The van der Waals surface area contributed by atoms with Crippen LogP contribution in [0.2, 0.25) is 0 Å². The van der Waals surface area contributed by atoms with Gasteiger partial charge in [-0.2, -0.15) is 0 Å². The maximum atomic E-state index is 10.7. The van der Waals surface area contributed by atoms with Gasteiger partial charge in [0.1, 0.15) is 22.8 Å². The summed E-state index contributed by atoms with van der Waals surface area (Å²) >= 11 is 1.56. The van der Waals surface area contributed by atoms with Crippen molar-refractivity contribution in [2.24, 2.45) is 0 Å². The zero-order valence-corrected chi connectivity index (χ0v) is 14.2. The minimum Gasteiger partial charge on any atom is -0.457 e. The minimum atomic E-state index is 0.363. The molecule has 4 aromatic rings. The molecule has 0 spiro atoms. The highest BCUT2D eigenvalue weighted by Crippen LogP contribution is 2.35. The highest BCUT2D eigenvalue weighted by atomic mass is 32.1. The smallest absolute Gasteiger partial charge is 0.135 e. The molecule has 1 aromatic heterocycles. The molecule has 0 unspecified atom stereocenters. The Morgan fingerprint density at radius 3 is 2.60 bits per heavy atom. The van der Waals surface area contributed by atoms with Crippen LogP contribution in [0.25, 0.3) is 21.3 Å². The summed E-state index contributed by atoms with van der Waals surface area (Å²) in [6, 6.07) is 23.9. The number of hydrogen-bond donors (Lipinski definition) is 0. The normalized spacial score (nSPS) is 10.7. The second kappa shape index (κ2) is 6.87. The van der Waals surface area contributed by atoms with E-state index >= 15 is 0 Å². The fraction of sp³-hybridized carbons (Fsp3) is 0.0476. The molecule has 0 N–H and O–H groups in total. The van der Waals surface area contributed by atoms with E-state index in [1.54, 1.807) is 11.3 Å². The Morgan fingerprint density at radius 2 is 1.76 bits per heavy atom. The topological polar surface area (TPSA) is 39.2 Å². The van der Waals surface area contributed by atoms with Crippen molar-refractivity contribution in [2.75, 3.05) is 0 Å². The van der Waals surface area contributed by atoms with E-state index < -0.39 is 0 Å². The molecule has 0 atom stereocenters. The summed E-state index contributed by atoms with van der Waals surface area (Å²) in [7, 11) is 0. The summed E-state index contributed by atoms with van der Waals surface area (Å²) in [5.41, 5.74) is 3.02. The number of thiazole rings is 1. The Labute approximate surface area is 149 Å². The van der Waals surface area contributed by atoms with E-state index in [-0.39, 0.29) is 0 Å². The number of fused-ring (bicyclic) bond motifs is 1. The average molecular weight is 345 g/mol. The van der Waals surface area contributed by atoms with E-state index in [0.29, 0.717) is 6.42 Å². The molecule has 0 aliphatic rings. The van der Waals surface area contributed by atoms with Gasteiger partial charge < -0.3 is 9.53 Å². The number of carbonyl (C=O) groups excluding carboxylic acids is 1. The van der Waals surface area contributed by atoms with E-state index in [2.05, 4.69) is 11.1 Å².